The van der Waals surface area contributed by atoms with Crippen LogP contribution in [0.1, 0.15) is 33.6 Å². The van der Waals surface area contributed by atoms with Crippen molar-refractivity contribution >= 4 is 15.9 Å². The fourth-order valence-electron chi connectivity index (χ4n) is 2.47. The van der Waals surface area contributed by atoms with Crippen molar-refractivity contribution in [2.45, 2.75) is 33.6 Å². The smallest absolute Gasteiger partial charge is 0.226 e. The topological polar surface area (TPSA) is 87.3 Å². The van der Waals surface area contributed by atoms with Crippen LogP contribution in [0.2, 0.25) is 0 Å². The minimum Gasteiger partial charge on any atom is -0.355 e. The van der Waals surface area contributed by atoms with E-state index in [1.807, 2.05) is 13.8 Å². The zero-order valence-corrected chi connectivity index (χ0v) is 13.5. The van der Waals surface area contributed by atoms with Gasteiger partial charge in [-0.1, -0.05) is 20.8 Å². The van der Waals surface area contributed by atoms with Crippen LogP contribution in [0.15, 0.2) is 0 Å². The van der Waals surface area contributed by atoms with E-state index in [0.29, 0.717) is 12.5 Å². The van der Waals surface area contributed by atoms with E-state index in [4.69, 9.17) is 0 Å². The molecule has 118 valence electrons. The Morgan fingerprint density at radius 1 is 1.40 bits per heavy atom. The molecule has 0 aliphatic carbocycles. The molecule has 1 amide bonds. The van der Waals surface area contributed by atoms with Crippen molar-refractivity contribution in [3.63, 3.8) is 0 Å². The molecule has 1 aliphatic rings. The maximum absolute atomic E-state index is 12.3. The molecule has 1 unspecified atom stereocenters. The Kier molecular flexibility index (Phi) is 6.42. The molecule has 0 saturated carbocycles. The standard InChI is InChI=1S/C13H27N3O3S/c1-4-16-20(18,19)9-8-15-12(17)13(2,3)11-6-5-7-14-10-11/h11,14,16H,4-10H2,1-3H3,(H,15,17). The van der Waals surface area contributed by atoms with Crippen LogP contribution >= 0.6 is 0 Å². The molecule has 1 saturated heterocycles. The number of hydrogen-bond donors (Lipinski definition) is 3. The van der Waals surface area contributed by atoms with Gasteiger partial charge in [0.1, 0.15) is 0 Å². The second-order valence-electron chi connectivity index (χ2n) is 5.84. The summed E-state index contributed by atoms with van der Waals surface area (Å²) in [5.74, 6) is 0.144. The molecule has 0 aromatic carbocycles. The summed E-state index contributed by atoms with van der Waals surface area (Å²) in [5, 5.41) is 6.06. The van der Waals surface area contributed by atoms with E-state index in [1.54, 1.807) is 6.92 Å². The van der Waals surface area contributed by atoms with Gasteiger partial charge in [0.25, 0.3) is 0 Å². The average molecular weight is 305 g/mol. The van der Waals surface area contributed by atoms with Crippen molar-refractivity contribution in [2.75, 3.05) is 31.9 Å². The third kappa shape index (κ3) is 5.03. The van der Waals surface area contributed by atoms with Gasteiger partial charge in [-0.25, -0.2) is 13.1 Å². The molecule has 6 nitrogen and oxygen atoms in total. The van der Waals surface area contributed by atoms with Crippen molar-refractivity contribution in [3.05, 3.63) is 0 Å². The number of nitrogens with one attached hydrogen (secondary N) is 3. The van der Waals surface area contributed by atoms with Gasteiger partial charge in [-0.05, 0) is 31.8 Å². The van der Waals surface area contributed by atoms with E-state index in [0.717, 1.165) is 25.9 Å². The van der Waals surface area contributed by atoms with Gasteiger partial charge in [0.05, 0.1) is 5.75 Å². The normalized spacial score (nSPS) is 20.6. The summed E-state index contributed by atoms with van der Waals surface area (Å²) in [6, 6.07) is 0. The quantitative estimate of drug-likeness (QED) is 0.621. The highest BCUT2D eigenvalue weighted by molar-refractivity contribution is 7.89. The average Bonchev–Trinajstić information content (AvgIpc) is 2.39. The van der Waals surface area contributed by atoms with Crippen molar-refractivity contribution in [3.8, 4) is 0 Å². The lowest BCUT2D eigenvalue weighted by atomic mass is 9.74. The highest BCUT2D eigenvalue weighted by Crippen LogP contribution is 2.31. The molecular weight excluding hydrogens is 278 g/mol. The summed E-state index contributed by atoms with van der Waals surface area (Å²) in [5.41, 5.74) is -0.477. The first-order chi connectivity index (χ1) is 9.29. The van der Waals surface area contributed by atoms with Gasteiger partial charge in [-0.3, -0.25) is 4.79 Å². The number of hydrogen-bond acceptors (Lipinski definition) is 4. The van der Waals surface area contributed by atoms with E-state index in [-0.39, 0.29) is 18.2 Å². The van der Waals surface area contributed by atoms with Crippen LogP contribution < -0.4 is 15.4 Å². The first-order valence-electron chi connectivity index (χ1n) is 7.26. The second kappa shape index (κ2) is 7.38. The van der Waals surface area contributed by atoms with E-state index in [2.05, 4.69) is 15.4 Å². The lowest BCUT2D eigenvalue weighted by Crippen LogP contribution is -2.48. The zero-order valence-electron chi connectivity index (χ0n) is 12.7. The molecule has 0 aromatic heterocycles. The lowest BCUT2D eigenvalue weighted by molar-refractivity contribution is -0.132. The summed E-state index contributed by atoms with van der Waals surface area (Å²) < 4.78 is 25.4. The lowest BCUT2D eigenvalue weighted by Gasteiger charge is -2.36. The van der Waals surface area contributed by atoms with Gasteiger partial charge in [-0.2, -0.15) is 0 Å². The highest BCUT2D eigenvalue weighted by atomic mass is 32.2. The second-order valence-corrected chi connectivity index (χ2v) is 7.76. The Hall–Kier alpha value is -0.660. The number of carbonyl (C=O) groups is 1. The molecule has 7 heteroatoms. The SMILES string of the molecule is CCNS(=O)(=O)CCNC(=O)C(C)(C)C1CCCNC1. The predicted molar refractivity (Wildman–Crippen MR) is 79.8 cm³/mol. The van der Waals surface area contributed by atoms with Crippen molar-refractivity contribution < 1.29 is 13.2 Å². The van der Waals surface area contributed by atoms with E-state index in [9.17, 15) is 13.2 Å². The summed E-state index contributed by atoms with van der Waals surface area (Å²) in [7, 11) is -3.27. The molecule has 3 N–H and O–H groups in total. The molecule has 1 heterocycles. The van der Waals surface area contributed by atoms with Gasteiger partial charge in [-0.15, -0.1) is 0 Å². The molecule has 0 aromatic rings. The summed E-state index contributed by atoms with van der Waals surface area (Å²) in [4.78, 5) is 12.3. The third-order valence-corrected chi connectivity index (χ3v) is 5.39. The number of piperidine rings is 1. The maximum Gasteiger partial charge on any atom is 0.226 e. The fraction of sp³-hybridized carbons (Fsp3) is 0.923. The van der Waals surface area contributed by atoms with Crippen LogP contribution in [-0.2, 0) is 14.8 Å². The molecule has 1 aliphatic heterocycles. The molecule has 1 atom stereocenters. The van der Waals surface area contributed by atoms with Gasteiger partial charge in [0.15, 0.2) is 0 Å². The molecule has 1 rings (SSSR count). The molecule has 20 heavy (non-hydrogen) atoms. The fourth-order valence-corrected chi connectivity index (χ4v) is 3.43. The number of sulfonamides is 1. The van der Waals surface area contributed by atoms with Crippen LogP contribution in [0.25, 0.3) is 0 Å². The minimum atomic E-state index is -3.27. The molecule has 0 radical (unpaired) electrons. The van der Waals surface area contributed by atoms with Gasteiger partial charge in [0, 0.05) is 18.5 Å². The van der Waals surface area contributed by atoms with Crippen LogP contribution in [0.3, 0.4) is 0 Å². The van der Waals surface area contributed by atoms with Gasteiger partial charge in [0.2, 0.25) is 15.9 Å². The molecule has 1 fully saturated rings. The molecule has 0 bridgehead atoms. The number of amides is 1. The van der Waals surface area contributed by atoms with Gasteiger partial charge >= 0.3 is 0 Å². The first-order valence-corrected chi connectivity index (χ1v) is 8.91. The monoisotopic (exact) mass is 305 g/mol. The molecular formula is C13H27N3O3S. The molecule has 0 spiro atoms. The van der Waals surface area contributed by atoms with Crippen LogP contribution in [-0.4, -0.2) is 46.3 Å². The van der Waals surface area contributed by atoms with Crippen LogP contribution in [0, 0.1) is 11.3 Å². The number of rotatable bonds is 7. The summed E-state index contributed by atoms with van der Waals surface area (Å²) in [6.45, 7) is 7.96. The van der Waals surface area contributed by atoms with E-state index >= 15 is 0 Å². The first kappa shape index (κ1) is 17.4. The van der Waals surface area contributed by atoms with Crippen LogP contribution in [0.5, 0.6) is 0 Å². The minimum absolute atomic E-state index is 0.0714. The zero-order chi connectivity index (χ0) is 15.2. The van der Waals surface area contributed by atoms with Crippen LogP contribution in [0.4, 0.5) is 0 Å². The number of carbonyl (C=O) groups excluding carboxylic acids is 1. The Balaban J connectivity index is 2.45. The Labute approximate surface area is 122 Å². The van der Waals surface area contributed by atoms with Gasteiger partial charge < -0.3 is 10.6 Å². The third-order valence-electron chi connectivity index (χ3n) is 3.92. The largest absolute Gasteiger partial charge is 0.355 e. The van der Waals surface area contributed by atoms with E-state index in [1.165, 1.54) is 0 Å². The highest BCUT2D eigenvalue weighted by Gasteiger charge is 2.37. The Morgan fingerprint density at radius 2 is 2.10 bits per heavy atom. The summed E-state index contributed by atoms with van der Waals surface area (Å²) >= 11 is 0. The van der Waals surface area contributed by atoms with Crippen molar-refractivity contribution in [2.24, 2.45) is 11.3 Å². The summed E-state index contributed by atoms with van der Waals surface area (Å²) in [6.07, 6.45) is 2.11. The van der Waals surface area contributed by atoms with Crippen molar-refractivity contribution in [1.29, 1.82) is 0 Å². The Bertz CT molecular complexity index is 415. The van der Waals surface area contributed by atoms with Crippen molar-refractivity contribution in [1.82, 2.24) is 15.4 Å². The predicted octanol–water partition coefficient (Wildman–Crippen LogP) is 0.0677. The Morgan fingerprint density at radius 3 is 2.65 bits per heavy atom. The maximum atomic E-state index is 12.3. The van der Waals surface area contributed by atoms with E-state index < -0.39 is 15.4 Å².